The second-order valence-corrected chi connectivity index (χ2v) is 5.49. The third-order valence-electron chi connectivity index (χ3n) is 3.33. The minimum Gasteiger partial charge on any atom is -0.349 e. The van der Waals surface area contributed by atoms with Crippen molar-refractivity contribution >= 4 is 0 Å². The molecule has 0 amide bonds. The van der Waals surface area contributed by atoms with E-state index in [9.17, 15) is 0 Å². The summed E-state index contributed by atoms with van der Waals surface area (Å²) in [5, 5.41) is 0. The van der Waals surface area contributed by atoms with E-state index in [-0.39, 0.29) is 5.79 Å². The zero-order valence-electron chi connectivity index (χ0n) is 11.4. The first-order chi connectivity index (χ1) is 7.54. The fraction of sp³-hybridized carbons (Fsp3) is 1.00. The van der Waals surface area contributed by atoms with Gasteiger partial charge in [-0.05, 0) is 12.8 Å². The topological polar surface area (TPSA) is 18.5 Å². The number of piperidine rings is 1. The summed E-state index contributed by atoms with van der Waals surface area (Å²) in [6.45, 7) is 8.22. The molecule has 0 aromatic heterocycles. The molecule has 0 aromatic rings. The highest BCUT2D eigenvalue weighted by atomic mass is 16.7. The van der Waals surface area contributed by atoms with Gasteiger partial charge in [-0.25, -0.2) is 0 Å². The lowest BCUT2D eigenvalue weighted by Crippen LogP contribution is -2.54. The van der Waals surface area contributed by atoms with Gasteiger partial charge in [0.2, 0.25) is 0 Å². The smallest absolute Gasteiger partial charge is 0.178 e. The molecular weight excluding hydrogens is 202 g/mol. The molecule has 0 aromatic carbocycles. The molecule has 96 valence electrons. The Morgan fingerprint density at radius 1 is 0.938 bits per heavy atom. The first-order valence-electron chi connectivity index (χ1n) is 6.63. The van der Waals surface area contributed by atoms with E-state index in [1.54, 1.807) is 0 Å². The maximum Gasteiger partial charge on any atom is 0.178 e. The van der Waals surface area contributed by atoms with Crippen LogP contribution >= 0.6 is 0 Å². The molecule has 1 saturated heterocycles. The van der Waals surface area contributed by atoms with Gasteiger partial charge < -0.3 is 14.0 Å². The Morgan fingerprint density at radius 2 is 1.38 bits per heavy atom. The highest BCUT2D eigenvalue weighted by Gasteiger charge is 2.40. The maximum atomic E-state index is 5.98. The van der Waals surface area contributed by atoms with Gasteiger partial charge in [-0.15, -0.1) is 0 Å². The van der Waals surface area contributed by atoms with E-state index in [0.717, 1.165) is 56.5 Å². The Hall–Kier alpha value is -0.120. The number of ether oxygens (including phenoxy) is 2. The molecule has 3 heteroatoms. The van der Waals surface area contributed by atoms with Gasteiger partial charge in [0.05, 0.1) is 40.0 Å². The molecule has 0 unspecified atom stereocenters. The zero-order chi connectivity index (χ0) is 12.1. The second kappa shape index (κ2) is 5.99. The zero-order valence-corrected chi connectivity index (χ0v) is 11.4. The second-order valence-electron chi connectivity index (χ2n) is 5.49. The van der Waals surface area contributed by atoms with Crippen molar-refractivity contribution in [3.63, 3.8) is 0 Å². The van der Waals surface area contributed by atoms with Crippen LogP contribution in [-0.4, -0.2) is 50.7 Å². The summed E-state index contributed by atoms with van der Waals surface area (Å²) in [6, 6.07) is 0. The van der Waals surface area contributed by atoms with Gasteiger partial charge in [0, 0.05) is 13.2 Å². The van der Waals surface area contributed by atoms with E-state index in [1.165, 1.54) is 0 Å². The van der Waals surface area contributed by atoms with Gasteiger partial charge in [-0.3, -0.25) is 0 Å². The molecule has 0 saturated carbocycles. The molecule has 0 spiro atoms. The van der Waals surface area contributed by atoms with Crippen LogP contribution in [0.1, 0.15) is 39.5 Å². The first kappa shape index (κ1) is 13.9. The quantitative estimate of drug-likeness (QED) is 0.515. The summed E-state index contributed by atoms with van der Waals surface area (Å²) in [5.74, 6) is -0.278. The van der Waals surface area contributed by atoms with E-state index in [1.807, 2.05) is 0 Å². The molecule has 1 aliphatic rings. The summed E-state index contributed by atoms with van der Waals surface area (Å²) in [5.41, 5.74) is 0. The van der Waals surface area contributed by atoms with Crippen molar-refractivity contribution < 1.29 is 14.0 Å². The molecule has 0 radical (unpaired) electrons. The fourth-order valence-corrected chi connectivity index (χ4v) is 2.09. The van der Waals surface area contributed by atoms with Crippen LogP contribution in [0.15, 0.2) is 0 Å². The van der Waals surface area contributed by atoms with Crippen LogP contribution in [-0.2, 0) is 9.47 Å². The molecule has 1 fully saturated rings. The van der Waals surface area contributed by atoms with E-state index < -0.39 is 0 Å². The minimum absolute atomic E-state index is 0.278. The van der Waals surface area contributed by atoms with Gasteiger partial charge in [-0.1, -0.05) is 13.8 Å². The van der Waals surface area contributed by atoms with E-state index in [0.29, 0.717) is 0 Å². The molecule has 1 aliphatic heterocycles. The van der Waals surface area contributed by atoms with Crippen LogP contribution in [0.3, 0.4) is 0 Å². The van der Waals surface area contributed by atoms with Crippen LogP contribution in [0.4, 0.5) is 0 Å². The third kappa shape index (κ3) is 4.04. The largest absolute Gasteiger partial charge is 0.349 e. The molecule has 0 aliphatic carbocycles. The Labute approximate surface area is 100 Å². The third-order valence-corrected chi connectivity index (χ3v) is 3.33. The highest BCUT2D eigenvalue weighted by Crippen LogP contribution is 2.30. The lowest BCUT2D eigenvalue weighted by molar-refractivity contribution is -0.899. The summed E-state index contributed by atoms with van der Waals surface area (Å²) in [4.78, 5) is 0. The number of hydrogen-bond donors (Lipinski definition) is 0. The molecule has 1 rings (SSSR count). The van der Waals surface area contributed by atoms with Crippen molar-refractivity contribution in [1.82, 2.24) is 0 Å². The number of rotatable bonds is 6. The van der Waals surface area contributed by atoms with Crippen molar-refractivity contribution in [3.8, 4) is 0 Å². The average Bonchev–Trinajstić information content (AvgIpc) is 2.27. The molecule has 0 N–H and O–H groups in total. The van der Waals surface area contributed by atoms with Gasteiger partial charge in [-0.2, -0.15) is 0 Å². The standard InChI is InChI=1S/C13H28NO2/c1-5-11-15-13(16-12-6-2)7-9-14(3,4)10-8-13/h5-12H2,1-4H3/q+1. The van der Waals surface area contributed by atoms with Crippen LogP contribution in [0.2, 0.25) is 0 Å². The van der Waals surface area contributed by atoms with Crippen molar-refractivity contribution in [1.29, 1.82) is 0 Å². The van der Waals surface area contributed by atoms with Gasteiger partial charge >= 0.3 is 0 Å². The summed E-state index contributed by atoms with van der Waals surface area (Å²) in [6.07, 6.45) is 4.19. The normalized spacial score (nSPS) is 23.2. The lowest BCUT2D eigenvalue weighted by atomic mass is 10.0. The van der Waals surface area contributed by atoms with Gasteiger partial charge in [0.25, 0.3) is 0 Å². The monoisotopic (exact) mass is 230 g/mol. The van der Waals surface area contributed by atoms with Crippen LogP contribution in [0, 0.1) is 0 Å². The Bertz CT molecular complexity index is 184. The first-order valence-corrected chi connectivity index (χ1v) is 6.63. The highest BCUT2D eigenvalue weighted by molar-refractivity contribution is 4.74. The van der Waals surface area contributed by atoms with Crippen LogP contribution in [0.5, 0.6) is 0 Å². The molecule has 0 bridgehead atoms. The number of likely N-dealkylation sites (tertiary alicyclic amines) is 1. The summed E-state index contributed by atoms with van der Waals surface area (Å²) < 4.78 is 13.1. The number of nitrogens with zero attached hydrogens (tertiary/aromatic N) is 1. The van der Waals surface area contributed by atoms with Crippen molar-refractivity contribution in [2.75, 3.05) is 40.4 Å². The SMILES string of the molecule is CCCOC1(OCCC)CC[N+](C)(C)CC1. The lowest BCUT2D eigenvalue weighted by Gasteiger charge is -2.44. The van der Waals surface area contributed by atoms with Gasteiger partial charge in [0.1, 0.15) is 0 Å². The Balaban J connectivity index is 2.51. The van der Waals surface area contributed by atoms with Crippen molar-refractivity contribution in [2.45, 2.75) is 45.3 Å². The van der Waals surface area contributed by atoms with Gasteiger partial charge in [0.15, 0.2) is 5.79 Å². The maximum absolute atomic E-state index is 5.98. The Kier molecular flexibility index (Phi) is 5.22. The van der Waals surface area contributed by atoms with Crippen molar-refractivity contribution in [3.05, 3.63) is 0 Å². The minimum atomic E-state index is -0.278. The Morgan fingerprint density at radius 3 is 1.75 bits per heavy atom. The molecule has 3 nitrogen and oxygen atoms in total. The number of hydrogen-bond acceptors (Lipinski definition) is 2. The average molecular weight is 230 g/mol. The van der Waals surface area contributed by atoms with E-state index >= 15 is 0 Å². The van der Waals surface area contributed by atoms with E-state index in [2.05, 4.69) is 27.9 Å². The summed E-state index contributed by atoms with van der Waals surface area (Å²) >= 11 is 0. The van der Waals surface area contributed by atoms with Crippen molar-refractivity contribution in [2.24, 2.45) is 0 Å². The van der Waals surface area contributed by atoms with Crippen LogP contribution < -0.4 is 0 Å². The molecule has 16 heavy (non-hydrogen) atoms. The predicted octanol–water partition coefficient (Wildman–Crippen LogP) is 2.41. The molecule has 1 heterocycles. The molecular formula is C13H28NO2+. The van der Waals surface area contributed by atoms with E-state index in [4.69, 9.17) is 9.47 Å². The molecule has 0 atom stereocenters. The van der Waals surface area contributed by atoms with Crippen LogP contribution in [0.25, 0.3) is 0 Å². The summed E-state index contributed by atoms with van der Waals surface area (Å²) in [7, 11) is 4.56. The number of quaternary nitrogens is 1. The fourth-order valence-electron chi connectivity index (χ4n) is 2.09. The predicted molar refractivity (Wildman–Crippen MR) is 66.3 cm³/mol.